The number of non-ortho nitro benzene ring substituents is 1. The summed E-state index contributed by atoms with van der Waals surface area (Å²) in [5, 5.41) is 46.0. The molecule has 4 aromatic rings. The summed E-state index contributed by atoms with van der Waals surface area (Å²) < 4.78 is 38.6. The van der Waals surface area contributed by atoms with E-state index in [0.29, 0.717) is 42.2 Å². The summed E-state index contributed by atoms with van der Waals surface area (Å²) in [6, 6.07) is 26.4. The Bertz CT molecular complexity index is 2440. The van der Waals surface area contributed by atoms with Gasteiger partial charge in [0.25, 0.3) is 5.69 Å². The highest BCUT2D eigenvalue weighted by molar-refractivity contribution is 6.03. The zero-order valence-electron chi connectivity index (χ0n) is 41.1. The fraction of sp³-hybridized carbons (Fsp3) is 0.473. The lowest BCUT2D eigenvalue weighted by atomic mass is 9.55. The molecule has 2 aliphatic carbocycles. The van der Waals surface area contributed by atoms with Crippen molar-refractivity contribution in [2.24, 2.45) is 22.9 Å². The van der Waals surface area contributed by atoms with Crippen LogP contribution in [0.4, 0.5) is 10.5 Å². The van der Waals surface area contributed by atoms with Crippen molar-refractivity contribution in [2.75, 3.05) is 59.4 Å². The minimum atomic E-state index is -1.59. The normalized spacial score (nSPS) is 21.4. The minimum Gasteiger partial charge on any atom is -0.487 e. The second-order valence-corrected chi connectivity index (χ2v) is 18.2. The number of aromatic nitrogens is 1. The Morgan fingerprint density at radius 3 is 2.40 bits per heavy atom. The number of fused-ring (bicyclic) bond motifs is 2. The Labute approximate surface area is 421 Å². The molecule has 0 saturated heterocycles. The number of unbranched alkanes of at least 4 members (excludes halogenated alkanes) is 2. The molecule has 0 radical (unpaired) electrons. The average molecular weight is 993 g/mol. The van der Waals surface area contributed by atoms with Gasteiger partial charge in [-0.05, 0) is 104 Å². The second kappa shape index (κ2) is 27.0. The molecule has 17 heteroatoms. The predicted molar refractivity (Wildman–Crippen MR) is 268 cm³/mol. The summed E-state index contributed by atoms with van der Waals surface area (Å²) >= 11 is 0. The lowest BCUT2D eigenvalue weighted by molar-refractivity contribution is -0.384. The van der Waals surface area contributed by atoms with E-state index in [0.717, 1.165) is 53.8 Å². The van der Waals surface area contributed by atoms with Crippen molar-refractivity contribution in [3.05, 3.63) is 153 Å². The first-order valence-corrected chi connectivity index (χ1v) is 24.9. The number of nitro benzene ring substituents is 1. The Morgan fingerprint density at radius 1 is 0.889 bits per heavy atom. The first-order valence-electron chi connectivity index (χ1n) is 24.9. The molecule has 72 heavy (non-hydrogen) atoms. The number of oxime groups is 1. The Kier molecular flexibility index (Phi) is 20.1. The van der Waals surface area contributed by atoms with Crippen molar-refractivity contribution in [3.8, 4) is 11.5 Å². The van der Waals surface area contributed by atoms with Gasteiger partial charge >= 0.3 is 6.09 Å². The van der Waals surface area contributed by atoms with Gasteiger partial charge < -0.3 is 48.6 Å². The number of amides is 1. The van der Waals surface area contributed by atoms with Gasteiger partial charge in [-0.15, -0.1) is 6.58 Å². The number of hydrogen-bond acceptors (Lipinski definition) is 15. The summed E-state index contributed by atoms with van der Waals surface area (Å²) in [5.41, 5.74) is 5.47. The Morgan fingerprint density at radius 2 is 1.67 bits per heavy atom. The highest BCUT2D eigenvalue weighted by Crippen LogP contribution is 2.62. The largest absolute Gasteiger partial charge is 0.487 e. The summed E-state index contributed by atoms with van der Waals surface area (Å²) in [5.74, 6) is -1.49. The quantitative estimate of drug-likeness (QED) is 0.0202. The summed E-state index contributed by atoms with van der Waals surface area (Å²) in [7, 11) is 0. The standard InChI is InChI=1S/C55H68N4O13/c1-3-28-70-55-51(58(24-29-66-30-27-62)54(63)68-32-31-67-36-40-13-5-4-6-14-40)35-49(57-71-37-41-18-20-44(21-19-41)59(64)65)47-33-42(15-7-9-25-60)46(17-8-10-26-61)52(53(47)55)48-34-45(22-23-50(48)72-55)69-38-43-16-11-12-39(2)56-43/h3-6,11-14,16,18-23,33-34,42,46,51-53,60-62H,1,7-10,15,17,24-32,35-38H2,2H3. The van der Waals surface area contributed by atoms with Gasteiger partial charge in [0.1, 0.15) is 37.4 Å². The first kappa shape index (κ1) is 53.6. The van der Waals surface area contributed by atoms with E-state index in [1.54, 1.807) is 23.1 Å². The molecule has 0 bridgehead atoms. The van der Waals surface area contributed by atoms with Gasteiger partial charge in [-0.25, -0.2) is 4.79 Å². The van der Waals surface area contributed by atoms with Gasteiger partial charge in [0, 0.05) is 55.5 Å². The maximum Gasteiger partial charge on any atom is 0.410 e. The number of carbonyl (C=O) groups excluding carboxylic acids is 1. The maximum absolute atomic E-state index is 14.8. The van der Waals surface area contributed by atoms with Crippen LogP contribution in [0.3, 0.4) is 0 Å². The Balaban J connectivity index is 1.35. The fourth-order valence-electron chi connectivity index (χ4n) is 10.2. The molecule has 1 aromatic heterocycles. The molecule has 6 atom stereocenters. The molecule has 0 spiro atoms. The molecule has 3 N–H and O–H groups in total. The predicted octanol–water partition coefficient (Wildman–Crippen LogP) is 8.38. The van der Waals surface area contributed by atoms with Gasteiger partial charge in [0.05, 0.1) is 61.9 Å². The molecule has 2 heterocycles. The summed E-state index contributed by atoms with van der Waals surface area (Å²) in [4.78, 5) is 38.2. The van der Waals surface area contributed by atoms with Gasteiger partial charge in [-0.1, -0.05) is 66.5 Å². The van der Waals surface area contributed by atoms with Crippen molar-refractivity contribution in [2.45, 2.75) is 89.4 Å². The highest BCUT2D eigenvalue weighted by atomic mass is 16.7. The van der Waals surface area contributed by atoms with Gasteiger partial charge in [0.15, 0.2) is 0 Å². The number of aryl methyl sites for hydroxylation is 1. The molecule has 1 aliphatic heterocycles. The molecule has 6 unspecified atom stereocenters. The number of aliphatic hydroxyl groups excluding tert-OH is 3. The number of rotatable bonds is 29. The highest BCUT2D eigenvalue weighted by Gasteiger charge is 2.65. The number of nitrogens with zero attached hydrogens (tertiary/aromatic N) is 4. The van der Waals surface area contributed by atoms with Crippen LogP contribution in [0.1, 0.15) is 78.9 Å². The molecule has 386 valence electrons. The van der Waals surface area contributed by atoms with E-state index in [9.17, 15) is 30.2 Å². The second-order valence-electron chi connectivity index (χ2n) is 18.2. The number of aliphatic hydroxyl groups is 3. The molecule has 1 saturated carbocycles. The number of pyridine rings is 1. The van der Waals surface area contributed by atoms with E-state index in [1.807, 2.05) is 73.7 Å². The number of hydrogen-bond donors (Lipinski definition) is 3. The molecule has 1 amide bonds. The van der Waals surface area contributed by atoms with Gasteiger partial charge in [-0.3, -0.25) is 20.0 Å². The molecule has 17 nitrogen and oxygen atoms in total. The minimum absolute atomic E-state index is 0.00504. The summed E-state index contributed by atoms with van der Waals surface area (Å²) in [6.07, 6.45) is 7.45. The summed E-state index contributed by atoms with van der Waals surface area (Å²) in [6.45, 7) is 6.59. The molecular weight excluding hydrogens is 925 g/mol. The molecule has 3 aromatic carbocycles. The zero-order chi connectivity index (χ0) is 50.7. The monoisotopic (exact) mass is 992 g/mol. The van der Waals surface area contributed by atoms with E-state index in [1.165, 1.54) is 12.1 Å². The van der Waals surface area contributed by atoms with Crippen molar-refractivity contribution < 1.29 is 58.3 Å². The van der Waals surface area contributed by atoms with Crippen LogP contribution < -0.4 is 9.47 Å². The maximum atomic E-state index is 14.8. The van der Waals surface area contributed by atoms with Gasteiger partial charge in [0.2, 0.25) is 5.79 Å². The van der Waals surface area contributed by atoms with Crippen molar-refractivity contribution in [3.63, 3.8) is 0 Å². The third-order valence-electron chi connectivity index (χ3n) is 13.4. The van der Waals surface area contributed by atoms with Crippen molar-refractivity contribution >= 4 is 17.5 Å². The van der Waals surface area contributed by atoms with Crippen LogP contribution in [0.15, 0.2) is 120 Å². The number of carbonyl (C=O) groups is 1. The average Bonchev–Trinajstić information content (AvgIpc) is 3.39. The topological polar surface area (TPSA) is 214 Å². The van der Waals surface area contributed by atoms with Crippen LogP contribution in [0.25, 0.3) is 0 Å². The third-order valence-corrected chi connectivity index (χ3v) is 13.4. The lowest BCUT2D eigenvalue weighted by Crippen LogP contribution is -2.70. The van der Waals surface area contributed by atoms with Crippen LogP contribution in [-0.2, 0) is 43.6 Å². The van der Waals surface area contributed by atoms with Crippen molar-refractivity contribution in [1.82, 2.24) is 9.88 Å². The van der Waals surface area contributed by atoms with E-state index < -0.39 is 28.8 Å². The third kappa shape index (κ3) is 13.6. The van der Waals surface area contributed by atoms with Gasteiger partial charge in [-0.2, -0.15) is 0 Å². The smallest absolute Gasteiger partial charge is 0.410 e. The number of benzene rings is 3. The Hall–Kier alpha value is -6.21. The van der Waals surface area contributed by atoms with E-state index >= 15 is 0 Å². The van der Waals surface area contributed by atoms with Crippen LogP contribution in [0, 0.1) is 34.8 Å². The molecular formula is C55H68N4O13. The van der Waals surface area contributed by atoms with Crippen LogP contribution in [-0.4, -0.2) is 113 Å². The van der Waals surface area contributed by atoms with E-state index in [4.69, 9.17) is 38.4 Å². The van der Waals surface area contributed by atoms with Crippen LogP contribution >= 0.6 is 0 Å². The zero-order valence-corrected chi connectivity index (χ0v) is 41.1. The molecule has 7 rings (SSSR count). The first-order chi connectivity index (χ1) is 35.2. The SMILES string of the molecule is C=CCOC12Oc3ccc(OCc4cccc(C)n4)cc3C3C(CCCCO)C(CCCCO)C=C(C(=NOCc4ccc([N+](=O)[O-])cc4)CC1N(CCOCCO)C(=O)OCCOCc1ccccc1)C32. The number of ether oxygens (including phenoxy) is 6. The van der Waals surface area contributed by atoms with Crippen LogP contribution in [0.2, 0.25) is 0 Å². The fourth-order valence-corrected chi connectivity index (χ4v) is 10.2. The van der Waals surface area contributed by atoms with E-state index in [-0.39, 0.29) is 102 Å². The number of allylic oxidation sites excluding steroid dienone is 1. The molecule has 3 aliphatic rings. The van der Waals surface area contributed by atoms with E-state index in [2.05, 4.69) is 17.6 Å². The lowest BCUT2D eigenvalue weighted by Gasteiger charge is -2.59. The molecule has 1 fully saturated rings. The number of nitro groups is 1. The van der Waals surface area contributed by atoms with Crippen LogP contribution in [0.5, 0.6) is 11.5 Å². The van der Waals surface area contributed by atoms with Crippen molar-refractivity contribution in [1.29, 1.82) is 0 Å².